The molecule has 1 aromatic rings. The van der Waals surface area contributed by atoms with Crippen LogP contribution in [0.25, 0.3) is 0 Å². The van der Waals surface area contributed by atoms with Crippen LogP contribution in [0, 0.1) is 11.7 Å². The molecule has 1 aliphatic heterocycles. The molecule has 138 valence electrons. The molecule has 0 unspecified atom stereocenters. The van der Waals surface area contributed by atoms with Gasteiger partial charge in [-0.3, -0.25) is 14.8 Å². The van der Waals surface area contributed by atoms with E-state index < -0.39 is 6.04 Å². The van der Waals surface area contributed by atoms with Crippen molar-refractivity contribution >= 4 is 11.8 Å². The Kier molecular flexibility index (Phi) is 7.33. The van der Waals surface area contributed by atoms with Crippen LogP contribution in [0.3, 0.4) is 0 Å². The van der Waals surface area contributed by atoms with Gasteiger partial charge in [0.15, 0.2) is 0 Å². The average Bonchev–Trinajstić information content (AvgIpc) is 2.62. The molecular formula is C18H26FN3O3. The Bertz CT molecular complexity index is 589. The molecule has 0 spiro atoms. The van der Waals surface area contributed by atoms with Crippen LogP contribution < -0.4 is 11.2 Å². The second-order valence-corrected chi connectivity index (χ2v) is 6.58. The van der Waals surface area contributed by atoms with Gasteiger partial charge >= 0.3 is 0 Å². The van der Waals surface area contributed by atoms with Crippen molar-refractivity contribution in [2.24, 2.45) is 11.7 Å². The summed E-state index contributed by atoms with van der Waals surface area (Å²) in [6.07, 6.45) is 3.83. The molecule has 0 radical (unpaired) electrons. The molecule has 1 saturated heterocycles. The standard InChI is InChI=1S/C18H26FN3O3/c19-15-6-2-1-5-14(15)16(20)12-18(24)22-10-8-13(9-11-22)4-3-7-17(23)21-25/h1-2,5-6,13,16,25H,3-4,7-12,20H2,(H,21,23)/t16-/m0/s1. The highest BCUT2D eigenvalue weighted by atomic mass is 19.1. The minimum absolute atomic E-state index is 0.0474. The van der Waals surface area contributed by atoms with E-state index in [1.54, 1.807) is 28.6 Å². The van der Waals surface area contributed by atoms with Crippen molar-refractivity contribution in [1.82, 2.24) is 10.4 Å². The predicted octanol–water partition coefficient (Wildman–Crippen LogP) is 2.13. The largest absolute Gasteiger partial charge is 0.343 e. The van der Waals surface area contributed by atoms with Gasteiger partial charge in [0.05, 0.1) is 0 Å². The van der Waals surface area contributed by atoms with Crippen molar-refractivity contribution in [3.63, 3.8) is 0 Å². The maximum absolute atomic E-state index is 13.7. The zero-order chi connectivity index (χ0) is 18.2. The molecule has 4 N–H and O–H groups in total. The summed E-state index contributed by atoms with van der Waals surface area (Å²) in [7, 11) is 0. The Labute approximate surface area is 147 Å². The topological polar surface area (TPSA) is 95.7 Å². The monoisotopic (exact) mass is 351 g/mol. The molecule has 1 fully saturated rings. The summed E-state index contributed by atoms with van der Waals surface area (Å²) in [5.41, 5.74) is 7.99. The molecule has 1 atom stereocenters. The van der Waals surface area contributed by atoms with Crippen LogP contribution in [0.4, 0.5) is 4.39 Å². The maximum Gasteiger partial charge on any atom is 0.243 e. The number of rotatable bonds is 7. The third-order valence-electron chi connectivity index (χ3n) is 4.81. The Balaban J connectivity index is 1.74. The van der Waals surface area contributed by atoms with Crippen LogP contribution >= 0.6 is 0 Å². The van der Waals surface area contributed by atoms with Gasteiger partial charge in [-0.15, -0.1) is 0 Å². The highest BCUT2D eigenvalue weighted by Gasteiger charge is 2.24. The summed E-state index contributed by atoms with van der Waals surface area (Å²) in [5, 5.41) is 8.46. The molecule has 7 heteroatoms. The number of piperidine rings is 1. The Morgan fingerprint density at radius 2 is 2.00 bits per heavy atom. The highest BCUT2D eigenvalue weighted by Crippen LogP contribution is 2.24. The first-order valence-corrected chi connectivity index (χ1v) is 8.72. The number of amides is 2. The lowest BCUT2D eigenvalue weighted by Gasteiger charge is -2.32. The number of nitrogens with zero attached hydrogens (tertiary/aromatic N) is 1. The van der Waals surface area contributed by atoms with E-state index in [9.17, 15) is 14.0 Å². The number of nitrogens with two attached hydrogens (primary N) is 1. The number of carbonyl (C=O) groups excluding carboxylic acids is 2. The summed E-state index contributed by atoms with van der Waals surface area (Å²) in [6.45, 7) is 1.33. The SMILES string of the molecule is N[C@@H](CC(=O)N1CCC(CCCC(=O)NO)CC1)c1ccccc1F. The molecule has 0 aliphatic carbocycles. The van der Waals surface area contributed by atoms with Crippen molar-refractivity contribution in [1.29, 1.82) is 0 Å². The van der Waals surface area contributed by atoms with Crippen LogP contribution in [0.2, 0.25) is 0 Å². The van der Waals surface area contributed by atoms with Crippen molar-refractivity contribution < 1.29 is 19.2 Å². The second-order valence-electron chi connectivity index (χ2n) is 6.58. The van der Waals surface area contributed by atoms with E-state index in [0.717, 1.165) is 25.7 Å². The van der Waals surface area contributed by atoms with Gasteiger partial charge in [0, 0.05) is 37.5 Å². The summed E-state index contributed by atoms with van der Waals surface area (Å²) in [4.78, 5) is 25.2. The third-order valence-corrected chi connectivity index (χ3v) is 4.81. The van der Waals surface area contributed by atoms with Gasteiger partial charge in [-0.05, 0) is 37.7 Å². The fourth-order valence-corrected chi connectivity index (χ4v) is 3.28. The van der Waals surface area contributed by atoms with Crippen molar-refractivity contribution in [3.8, 4) is 0 Å². The van der Waals surface area contributed by atoms with Gasteiger partial charge in [-0.1, -0.05) is 18.2 Å². The molecule has 0 aromatic heterocycles. The third kappa shape index (κ3) is 5.79. The zero-order valence-corrected chi connectivity index (χ0v) is 14.3. The number of halogens is 1. The molecule has 1 aromatic carbocycles. The number of carbonyl (C=O) groups is 2. The van der Waals surface area contributed by atoms with Crippen molar-refractivity contribution in [3.05, 3.63) is 35.6 Å². The summed E-state index contributed by atoms with van der Waals surface area (Å²) < 4.78 is 13.7. The Morgan fingerprint density at radius 1 is 1.32 bits per heavy atom. The van der Waals surface area contributed by atoms with E-state index >= 15 is 0 Å². The molecule has 25 heavy (non-hydrogen) atoms. The fourth-order valence-electron chi connectivity index (χ4n) is 3.28. The number of nitrogens with one attached hydrogen (secondary N) is 1. The first-order chi connectivity index (χ1) is 12.0. The van der Waals surface area contributed by atoms with E-state index in [0.29, 0.717) is 31.0 Å². The first-order valence-electron chi connectivity index (χ1n) is 8.72. The summed E-state index contributed by atoms with van der Waals surface area (Å²) >= 11 is 0. The van der Waals surface area contributed by atoms with E-state index in [4.69, 9.17) is 10.9 Å². The van der Waals surface area contributed by atoms with Gasteiger partial charge in [-0.25, -0.2) is 9.87 Å². The lowest BCUT2D eigenvalue weighted by Crippen LogP contribution is -2.39. The zero-order valence-electron chi connectivity index (χ0n) is 14.3. The molecular weight excluding hydrogens is 325 g/mol. The number of hydroxylamine groups is 1. The molecule has 1 heterocycles. The minimum Gasteiger partial charge on any atom is -0.343 e. The van der Waals surface area contributed by atoms with Gasteiger partial charge in [0.2, 0.25) is 11.8 Å². The van der Waals surface area contributed by atoms with Gasteiger partial charge in [-0.2, -0.15) is 0 Å². The van der Waals surface area contributed by atoms with Crippen molar-refractivity contribution in [2.45, 2.75) is 44.6 Å². The maximum atomic E-state index is 13.7. The number of hydrogen-bond donors (Lipinski definition) is 3. The van der Waals surface area contributed by atoms with Gasteiger partial charge in [0.1, 0.15) is 5.82 Å². The lowest BCUT2D eigenvalue weighted by atomic mass is 9.91. The molecule has 0 saturated carbocycles. The minimum atomic E-state index is -0.636. The van der Waals surface area contributed by atoms with Crippen LogP contribution in [0.5, 0.6) is 0 Å². The van der Waals surface area contributed by atoms with Crippen LogP contribution in [-0.4, -0.2) is 35.0 Å². The summed E-state index contributed by atoms with van der Waals surface area (Å²) in [5.74, 6) is -0.312. The number of benzene rings is 1. The Morgan fingerprint density at radius 3 is 2.64 bits per heavy atom. The lowest BCUT2D eigenvalue weighted by molar-refractivity contribution is -0.133. The predicted molar refractivity (Wildman–Crippen MR) is 91.0 cm³/mol. The van der Waals surface area contributed by atoms with Crippen LogP contribution in [0.1, 0.15) is 50.1 Å². The quantitative estimate of drug-likeness (QED) is 0.518. The molecule has 6 nitrogen and oxygen atoms in total. The molecule has 2 rings (SSSR count). The first kappa shape index (κ1) is 19.3. The highest BCUT2D eigenvalue weighted by molar-refractivity contribution is 5.77. The van der Waals surface area contributed by atoms with E-state index in [1.807, 2.05) is 0 Å². The second kappa shape index (κ2) is 9.48. The number of likely N-dealkylation sites (tertiary alicyclic amines) is 1. The Hall–Kier alpha value is -1.99. The van der Waals surface area contributed by atoms with Crippen molar-refractivity contribution in [2.75, 3.05) is 13.1 Å². The summed E-state index contributed by atoms with van der Waals surface area (Å²) in [6, 6.07) is 5.64. The molecule has 2 amide bonds. The van der Waals surface area contributed by atoms with Crippen LogP contribution in [0.15, 0.2) is 24.3 Å². The molecule has 0 bridgehead atoms. The average molecular weight is 351 g/mol. The van der Waals surface area contributed by atoms with E-state index in [2.05, 4.69) is 0 Å². The van der Waals surface area contributed by atoms with Crippen LogP contribution in [-0.2, 0) is 9.59 Å². The number of hydrogen-bond acceptors (Lipinski definition) is 4. The van der Waals surface area contributed by atoms with Gasteiger partial charge < -0.3 is 10.6 Å². The fraction of sp³-hybridized carbons (Fsp3) is 0.556. The normalized spacial score (nSPS) is 16.5. The van der Waals surface area contributed by atoms with E-state index in [-0.39, 0.29) is 24.1 Å². The van der Waals surface area contributed by atoms with E-state index in [1.165, 1.54) is 6.07 Å². The van der Waals surface area contributed by atoms with Gasteiger partial charge in [0.25, 0.3) is 0 Å². The smallest absolute Gasteiger partial charge is 0.243 e. The molecule has 1 aliphatic rings.